The second kappa shape index (κ2) is 13.5. The van der Waals surface area contributed by atoms with E-state index < -0.39 is 0 Å². The first kappa shape index (κ1) is 26.2. The molecule has 3 N–H and O–H groups in total. The van der Waals surface area contributed by atoms with E-state index in [2.05, 4.69) is 39.8 Å². The molecule has 3 rings (SSSR count). The Morgan fingerprint density at radius 2 is 1.34 bits per heavy atom. The van der Waals surface area contributed by atoms with E-state index in [0.29, 0.717) is 44.8 Å². The summed E-state index contributed by atoms with van der Waals surface area (Å²) in [6.45, 7) is 9.79. The first-order chi connectivity index (χ1) is 17.0. The van der Waals surface area contributed by atoms with Gasteiger partial charge >= 0.3 is 0 Å². The molecule has 0 radical (unpaired) electrons. The van der Waals surface area contributed by atoms with E-state index >= 15 is 0 Å². The molecule has 1 aliphatic rings. The molecule has 0 atom stereocenters. The van der Waals surface area contributed by atoms with Crippen molar-refractivity contribution in [1.82, 2.24) is 26.0 Å². The Kier molecular flexibility index (Phi) is 10.1. The summed E-state index contributed by atoms with van der Waals surface area (Å²) < 4.78 is 0. The van der Waals surface area contributed by atoms with Crippen molar-refractivity contribution in [3.05, 3.63) is 65.7 Å². The molecule has 188 valence electrons. The topological polar surface area (TPSA) is 97.0 Å². The quantitative estimate of drug-likeness (QED) is 0.443. The number of piperazine rings is 1. The number of hydrazine groups is 1. The SMILES string of the molecule is CCN(CC)c1ccc(C(=O)NNC(=O)CN2CCN(CC(=O)NCc3ccccc3)CC2)cc1. The zero-order chi connectivity index (χ0) is 25.0. The molecule has 2 aromatic carbocycles. The molecule has 9 nitrogen and oxygen atoms in total. The lowest BCUT2D eigenvalue weighted by molar-refractivity contribution is -0.125. The van der Waals surface area contributed by atoms with Gasteiger partial charge in [-0.05, 0) is 43.7 Å². The van der Waals surface area contributed by atoms with Crippen LogP contribution in [0.25, 0.3) is 0 Å². The number of carbonyl (C=O) groups excluding carboxylic acids is 3. The maximum absolute atomic E-state index is 12.4. The van der Waals surface area contributed by atoms with Gasteiger partial charge in [0.05, 0.1) is 13.1 Å². The highest BCUT2D eigenvalue weighted by atomic mass is 16.2. The molecule has 0 aliphatic carbocycles. The van der Waals surface area contributed by atoms with Gasteiger partial charge in [0.2, 0.25) is 5.91 Å². The van der Waals surface area contributed by atoms with Crippen molar-refractivity contribution >= 4 is 23.4 Å². The van der Waals surface area contributed by atoms with Crippen LogP contribution in [0.3, 0.4) is 0 Å². The lowest BCUT2D eigenvalue weighted by Gasteiger charge is -2.33. The highest BCUT2D eigenvalue weighted by Crippen LogP contribution is 2.14. The van der Waals surface area contributed by atoms with Crippen molar-refractivity contribution in [1.29, 1.82) is 0 Å². The van der Waals surface area contributed by atoms with E-state index in [4.69, 9.17) is 0 Å². The molecule has 2 aromatic rings. The Morgan fingerprint density at radius 1 is 0.771 bits per heavy atom. The van der Waals surface area contributed by atoms with Crippen LogP contribution in [0.15, 0.2) is 54.6 Å². The van der Waals surface area contributed by atoms with Gasteiger partial charge in [-0.3, -0.25) is 35.0 Å². The van der Waals surface area contributed by atoms with Crippen molar-refractivity contribution in [2.45, 2.75) is 20.4 Å². The van der Waals surface area contributed by atoms with Crippen LogP contribution < -0.4 is 21.1 Å². The van der Waals surface area contributed by atoms with E-state index in [1.54, 1.807) is 12.1 Å². The Labute approximate surface area is 207 Å². The summed E-state index contributed by atoms with van der Waals surface area (Å²) in [6, 6.07) is 17.1. The molecule has 0 unspecified atom stereocenters. The standard InChI is InChI=1S/C26H36N6O3/c1-3-32(4-2)23-12-10-22(11-13-23)26(35)29-28-25(34)20-31-16-14-30(15-17-31)19-24(33)27-18-21-8-6-5-7-9-21/h5-13H,3-4,14-20H2,1-2H3,(H,27,33)(H,28,34)(H,29,35). The molecule has 1 heterocycles. The van der Waals surface area contributed by atoms with E-state index in [1.807, 2.05) is 47.4 Å². The number of anilines is 1. The molecule has 0 bridgehead atoms. The normalized spacial score (nSPS) is 14.2. The first-order valence-corrected chi connectivity index (χ1v) is 12.2. The van der Waals surface area contributed by atoms with E-state index in [9.17, 15) is 14.4 Å². The van der Waals surface area contributed by atoms with Gasteiger partial charge in [-0.15, -0.1) is 0 Å². The van der Waals surface area contributed by atoms with E-state index in [1.165, 1.54) is 0 Å². The van der Waals surface area contributed by atoms with Crippen LogP contribution in [0.4, 0.5) is 5.69 Å². The molecule has 3 amide bonds. The van der Waals surface area contributed by atoms with Crippen LogP contribution in [0, 0.1) is 0 Å². The fourth-order valence-electron chi connectivity index (χ4n) is 4.01. The molecule has 0 spiro atoms. The molecule has 1 aliphatic heterocycles. The predicted molar refractivity (Wildman–Crippen MR) is 137 cm³/mol. The van der Waals surface area contributed by atoms with Crippen LogP contribution in [0.5, 0.6) is 0 Å². The average molecular weight is 481 g/mol. The number of carbonyl (C=O) groups is 3. The summed E-state index contributed by atoms with van der Waals surface area (Å²) in [5.74, 6) is -0.629. The van der Waals surface area contributed by atoms with Gasteiger partial charge in [-0.2, -0.15) is 0 Å². The number of benzene rings is 2. The van der Waals surface area contributed by atoms with Gasteiger partial charge in [0, 0.05) is 57.1 Å². The van der Waals surface area contributed by atoms with Crippen LogP contribution in [0.1, 0.15) is 29.8 Å². The Hall–Kier alpha value is -3.43. The van der Waals surface area contributed by atoms with Gasteiger partial charge in [0.15, 0.2) is 0 Å². The fraction of sp³-hybridized carbons (Fsp3) is 0.423. The first-order valence-electron chi connectivity index (χ1n) is 12.2. The zero-order valence-corrected chi connectivity index (χ0v) is 20.6. The van der Waals surface area contributed by atoms with Crippen LogP contribution >= 0.6 is 0 Å². The molecule has 35 heavy (non-hydrogen) atoms. The maximum Gasteiger partial charge on any atom is 0.269 e. The summed E-state index contributed by atoms with van der Waals surface area (Å²) in [7, 11) is 0. The number of amides is 3. The fourth-order valence-corrected chi connectivity index (χ4v) is 4.01. The van der Waals surface area contributed by atoms with Crippen LogP contribution in [-0.2, 0) is 16.1 Å². The van der Waals surface area contributed by atoms with Crippen molar-refractivity contribution in [3.63, 3.8) is 0 Å². The minimum Gasteiger partial charge on any atom is -0.372 e. The third-order valence-electron chi connectivity index (χ3n) is 6.11. The Morgan fingerprint density at radius 3 is 1.91 bits per heavy atom. The van der Waals surface area contributed by atoms with Gasteiger partial charge < -0.3 is 10.2 Å². The summed E-state index contributed by atoms with van der Waals surface area (Å²) in [4.78, 5) is 43.2. The van der Waals surface area contributed by atoms with Gasteiger partial charge in [-0.25, -0.2) is 0 Å². The second-order valence-corrected chi connectivity index (χ2v) is 8.54. The average Bonchev–Trinajstić information content (AvgIpc) is 2.89. The highest BCUT2D eigenvalue weighted by molar-refractivity contribution is 5.95. The van der Waals surface area contributed by atoms with Gasteiger partial charge in [0.25, 0.3) is 11.8 Å². The maximum atomic E-state index is 12.4. The second-order valence-electron chi connectivity index (χ2n) is 8.54. The molecule has 9 heteroatoms. The van der Waals surface area contributed by atoms with Crippen LogP contribution in [-0.4, -0.2) is 79.9 Å². The number of hydrogen-bond acceptors (Lipinski definition) is 6. The zero-order valence-electron chi connectivity index (χ0n) is 20.6. The van der Waals surface area contributed by atoms with Crippen molar-refractivity contribution in [2.75, 3.05) is 57.3 Å². The van der Waals surface area contributed by atoms with E-state index in [0.717, 1.165) is 24.3 Å². The summed E-state index contributed by atoms with van der Waals surface area (Å²) in [5.41, 5.74) is 7.60. The lowest BCUT2D eigenvalue weighted by atomic mass is 10.2. The van der Waals surface area contributed by atoms with Crippen molar-refractivity contribution in [3.8, 4) is 0 Å². The predicted octanol–water partition coefficient (Wildman–Crippen LogP) is 1.23. The Bertz CT molecular complexity index is 955. The Balaban J connectivity index is 1.32. The summed E-state index contributed by atoms with van der Waals surface area (Å²) >= 11 is 0. The number of nitrogens with zero attached hydrogens (tertiary/aromatic N) is 3. The molecule has 0 aromatic heterocycles. The largest absolute Gasteiger partial charge is 0.372 e. The van der Waals surface area contributed by atoms with Gasteiger partial charge in [0.1, 0.15) is 0 Å². The van der Waals surface area contributed by atoms with Crippen molar-refractivity contribution < 1.29 is 14.4 Å². The number of hydrogen-bond donors (Lipinski definition) is 3. The monoisotopic (exact) mass is 480 g/mol. The molecular weight excluding hydrogens is 444 g/mol. The third kappa shape index (κ3) is 8.38. The molecule has 1 fully saturated rings. The van der Waals surface area contributed by atoms with E-state index in [-0.39, 0.29) is 24.3 Å². The van der Waals surface area contributed by atoms with Gasteiger partial charge in [-0.1, -0.05) is 30.3 Å². The minimum absolute atomic E-state index is 0.00659. The van der Waals surface area contributed by atoms with Crippen LogP contribution in [0.2, 0.25) is 0 Å². The molecular formula is C26H36N6O3. The molecule has 1 saturated heterocycles. The number of nitrogens with one attached hydrogen (secondary N) is 3. The minimum atomic E-state index is -0.351. The smallest absolute Gasteiger partial charge is 0.269 e. The highest BCUT2D eigenvalue weighted by Gasteiger charge is 2.21. The lowest BCUT2D eigenvalue weighted by Crippen LogP contribution is -2.53. The molecule has 0 saturated carbocycles. The summed E-state index contributed by atoms with van der Waals surface area (Å²) in [6.07, 6.45) is 0. The third-order valence-corrected chi connectivity index (χ3v) is 6.11. The summed E-state index contributed by atoms with van der Waals surface area (Å²) in [5, 5.41) is 2.94. The van der Waals surface area contributed by atoms with Crippen molar-refractivity contribution in [2.24, 2.45) is 0 Å². The number of rotatable bonds is 10.